The van der Waals surface area contributed by atoms with E-state index in [9.17, 15) is 4.79 Å². The molecule has 0 N–H and O–H groups in total. The first-order chi connectivity index (χ1) is 9.54. The monoisotopic (exact) mass is 276 g/mol. The molecule has 1 amide bonds. The number of aromatic nitrogens is 2. The van der Waals surface area contributed by atoms with Crippen LogP contribution in [0.25, 0.3) is 0 Å². The van der Waals surface area contributed by atoms with E-state index < -0.39 is 0 Å². The van der Waals surface area contributed by atoms with Crippen molar-refractivity contribution in [3.05, 3.63) is 18.0 Å². The molecule has 0 unspecified atom stereocenters. The Morgan fingerprint density at radius 2 is 2.15 bits per heavy atom. The number of likely N-dealkylation sites (N-methyl/N-ethyl adjacent to an activating group) is 1. The van der Waals surface area contributed by atoms with Gasteiger partial charge in [0.15, 0.2) is 0 Å². The lowest BCUT2D eigenvalue weighted by Crippen LogP contribution is -2.66. The number of piperidine rings is 2. The van der Waals surface area contributed by atoms with E-state index in [1.807, 2.05) is 13.1 Å². The standard InChI is InChI=1S/C15H24N4O/c1-15-8-5-10-17(2)13(15)6-4-11-19(15)14(20)12-7-9-16-18(12)3/h7,9,13H,4-6,8,10-11H2,1-3H3/t13-,15-/m0/s1. The third-order valence-corrected chi connectivity index (χ3v) is 5.20. The molecule has 0 saturated carbocycles. The number of likely N-dealkylation sites (tertiary alicyclic amines) is 2. The summed E-state index contributed by atoms with van der Waals surface area (Å²) in [5, 5.41) is 4.13. The molecule has 3 heterocycles. The first kappa shape index (κ1) is 13.6. The van der Waals surface area contributed by atoms with Gasteiger partial charge in [0.25, 0.3) is 5.91 Å². The Morgan fingerprint density at radius 3 is 2.85 bits per heavy atom. The first-order valence-electron chi connectivity index (χ1n) is 7.54. The molecule has 5 heteroatoms. The van der Waals surface area contributed by atoms with Gasteiger partial charge in [0, 0.05) is 25.8 Å². The lowest BCUT2D eigenvalue weighted by molar-refractivity contribution is -0.0351. The Hall–Kier alpha value is -1.36. The fraction of sp³-hybridized carbons (Fsp3) is 0.733. The van der Waals surface area contributed by atoms with Crippen LogP contribution in [0, 0.1) is 0 Å². The summed E-state index contributed by atoms with van der Waals surface area (Å²) >= 11 is 0. The quantitative estimate of drug-likeness (QED) is 0.781. The molecule has 2 saturated heterocycles. The van der Waals surface area contributed by atoms with Crippen molar-refractivity contribution < 1.29 is 4.79 Å². The zero-order valence-corrected chi connectivity index (χ0v) is 12.7. The Labute approximate surface area is 120 Å². The van der Waals surface area contributed by atoms with E-state index in [4.69, 9.17) is 0 Å². The maximum Gasteiger partial charge on any atom is 0.272 e. The number of nitrogens with zero attached hydrogens (tertiary/aromatic N) is 4. The van der Waals surface area contributed by atoms with Crippen LogP contribution in [0.5, 0.6) is 0 Å². The lowest BCUT2D eigenvalue weighted by atomic mass is 9.76. The number of hydrogen-bond donors (Lipinski definition) is 0. The van der Waals surface area contributed by atoms with Gasteiger partial charge >= 0.3 is 0 Å². The fourth-order valence-electron chi connectivity index (χ4n) is 4.08. The van der Waals surface area contributed by atoms with Crippen molar-refractivity contribution in [3.8, 4) is 0 Å². The van der Waals surface area contributed by atoms with Crippen molar-refractivity contribution in [2.24, 2.45) is 7.05 Å². The number of aryl methyl sites for hydroxylation is 1. The number of carbonyl (C=O) groups excluding carboxylic acids is 1. The Kier molecular flexibility index (Phi) is 3.32. The van der Waals surface area contributed by atoms with E-state index in [-0.39, 0.29) is 11.4 Å². The normalized spacial score (nSPS) is 31.1. The summed E-state index contributed by atoms with van der Waals surface area (Å²) in [5.74, 6) is 0.132. The second kappa shape index (κ2) is 4.88. The smallest absolute Gasteiger partial charge is 0.272 e. The van der Waals surface area contributed by atoms with Gasteiger partial charge in [0.1, 0.15) is 5.69 Å². The van der Waals surface area contributed by atoms with Crippen LogP contribution < -0.4 is 0 Å². The van der Waals surface area contributed by atoms with Crippen LogP contribution in [0.4, 0.5) is 0 Å². The Morgan fingerprint density at radius 1 is 1.35 bits per heavy atom. The Bertz CT molecular complexity index is 512. The number of carbonyl (C=O) groups is 1. The molecule has 0 aliphatic carbocycles. The van der Waals surface area contributed by atoms with Gasteiger partial charge in [0.05, 0.1) is 5.54 Å². The Balaban J connectivity index is 1.92. The number of hydrogen-bond acceptors (Lipinski definition) is 3. The third-order valence-electron chi connectivity index (χ3n) is 5.20. The summed E-state index contributed by atoms with van der Waals surface area (Å²) in [7, 11) is 4.03. The summed E-state index contributed by atoms with van der Waals surface area (Å²) in [6.07, 6.45) is 6.25. The highest BCUT2D eigenvalue weighted by atomic mass is 16.2. The van der Waals surface area contributed by atoms with Crippen molar-refractivity contribution in [2.75, 3.05) is 20.1 Å². The molecule has 2 aliphatic rings. The van der Waals surface area contributed by atoms with Crippen molar-refractivity contribution in [2.45, 2.75) is 44.2 Å². The number of amides is 1. The predicted molar refractivity (Wildman–Crippen MR) is 77.5 cm³/mol. The summed E-state index contributed by atoms with van der Waals surface area (Å²) in [5.41, 5.74) is 0.659. The van der Waals surface area contributed by atoms with Crippen LogP contribution in [0.1, 0.15) is 43.1 Å². The summed E-state index contributed by atoms with van der Waals surface area (Å²) < 4.78 is 1.68. The first-order valence-corrected chi connectivity index (χ1v) is 7.54. The highest BCUT2D eigenvalue weighted by Gasteiger charge is 2.48. The van der Waals surface area contributed by atoms with Gasteiger partial charge in [-0.05, 0) is 52.3 Å². The van der Waals surface area contributed by atoms with Crippen LogP contribution in [0.15, 0.2) is 12.3 Å². The third kappa shape index (κ3) is 1.95. The molecule has 5 nitrogen and oxygen atoms in total. The van der Waals surface area contributed by atoms with Crippen LogP contribution in [0.3, 0.4) is 0 Å². The van der Waals surface area contributed by atoms with Gasteiger partial charge in [-0.1, -0.05) is 0 Å². The molecule has 0 aromatic carbocycles. The van der Waals surface area contributed by atoms with Gasteiger partial charge < -0.3 is 9.80 Å². The van der Waals surface area contributed by atoms with E-state index in [1.54, 1.807) is 10.9 Å². The largest absolute Gasteiger partial charge is 0.330 e. The molecule has 1 aromatic heterocycles. The minimum Gasteiger partial charge on any atom is -0.330 e. The van der Waals surface area contributed by atoms with E-state index in [0.717, 1.165) is 25.9 Å². The minimum atomic E-state index is -0.0351. The molecule has 2 atom stereocenters. The summed E-state index contributed by atoms with van der Waals surface area (Å²) in [6, 6.07) is 2.31. The second-order valence-corrected chi connectivity index (χ2v) is 6.40. The van der Waals surface area contributed by atoms with Gasteiger partial charge in [-0.15, -0.1) is 0 Å². The maximum absolute atomic E-state index is 12.9. The average molecular weight is 276 g/mol. The van der Waals surface area contributed by atoms with Crippen molar-refractivity contribution in [3.63, 3.8) is 0 Å². The molecule has 2 fully saturated rings. The van der Waals surface area contributed by atoms with Crippen molar-refractivity contribution >= 4 is 5.91 Å². The highest BCUT2D eigenvalue weighted by Crippen LogP contribution is 2.39. The molecule has 0 spiro atoms. The second-order valence-electron chi connectivity index (χ2n) is 6.40. The van der Waals surface area contributed by atoms with Crippen molar-refractivity contribution in [1.29, 1.82) is 0 Å². The molecule has 0 bridgehead atoms. The molecule has 110 valence electrons. The van der Waals surface area contributed by atoms with E-state index in [1.165, 1.54) is 12.8 Å². The number of rotatable bonds is 1. The molecular formula is C15H24N4O. The zero-order chi connectivity index (χ0) is 14.3. The van der Waals surface area contributed by atoms with Gasteiger partial charge in [-0.25, -0.2) is 0 Å². The fourth-order valence-corrected chi connectivity index (χ4v) is 4.08. The van der Waals surface area contributed by atoms with E-state index >= 15 is 0 Å². The topological polar surface area (TPSA) is 41.4 Å². The maximum atomic E-state index is 12.9. The molecule has 20 heavy (non-hydrogen) atoms. The number of fused-ring (bicyclic) bond motifs is 1. The van der Waals surface area contributed by atoms with Gasteiger partial charge in [-0.3, -0.25) is 9.48 Å². The minimum absolute atomic E-state index is 0.0351. The molecule has 0 radical (unpaired) electrons. The lowest BCUT2D eigenvalue weighted by Gasteiger charge is -2.55. The molecule has 1 aromatic rings. The van der Waals surface area contributed by atoms with Crippen LogP contribution in [-0.2, 0) is 7.05 Å². The zero-order valence-electron chi connectivity index (χ0n) is 12.7. The van der Waals surface area contributed by atoms with Gasteiger partial charge in [-0.2, -0.15) is 5.10 Å². The van der Waals surface area contributed by atoms with Crippen LogP contribution >= 0.6 is 0 Å². The van der Waals surface area contributed by atoms with Crippen molar-refractivity contribution in [1.82, 2.24) is 19.6 Å². The molecule has 3 rings (SSSR count). The van der Waals surface area contributed by atoms with E-state index in [0.29, 0.717) is 11.7 Å². The van der Waals surface area contributed by atoms with Crippen LogP contribution in [0.2, 0.25) is 0 Å². The molecular weight excluding hydrogens is 252 g/mol. The highest BCUT2D eigenvalue weighted by molar-refractivity contribution is 5.93. The summed E-state index contributed by atoms with van der Waals surface area (Å²) in [4.78, 5) is 17.4. The average Bonchev–Trinajstić information content (AvgIpc) is 2.83. The predicted octanol–water partition coefficient (Wildman–Crippen LogP) is 1.51. The van der Waals surface area contributed by atoms with Gasteiger partial charge in [0.2, 0.25) is 0 Å². The van der Waals surface area contributed by atoms with Crippen LogP contribution in [-0.4, -0.2) is 57.2 Å². The SMILES string of the molecule is CN1CCC[C@@]2(C)[C@@H]1CCCN2C(=O)c1ccnn1C. The summed E-state index contributed by atoms with van der Waals surface area (Å²) in [6.45, 7) is 4.28. The molecule has 2 aliphatic heterocycles. The van der Waals surface area contributed by atoms with E-state index in [2.05, 4.69) is 28.9 Å².